The molecule has 0 atom stereocenters. The van der Waals surface area contributed by atoms with E-state index >= 15 is 0 Å². The molecule has 0 aliphatic rings. The first-order chi connectivity index (χ1) is 24.2. The summed E-state index contributed by atoms with van der Waals surface area (Å²) < 4.78 is 11.1. The Morgan fingerprint density at radius 1 is 0.460 bits per heavy atom. The van der Waals surface area contributed by atoms with Gasteiger partial charge in [0.15, 0.2) is 0 Å². The largest absolute Gasteiger partial charge is 0.494 e. The summed E-state index contributed by atoms with van der Waals surface area (Å²) in [6.45, 7) is 4.78. The van der Waals surface area contributed by atoms with Gasteiger partial charge in [0.1, 0.15) is 11.5 Å². The lowest BCUT2D eigenvalue weighted by Crippen LogP contribution is -2.08. The molecular weight excluding hydrogens is 636 g/mol. The number of aliphatic imine (C=N–C) groups is 2. The Bertz CT molecular complexity index is 2350. The fraction of sp³-hybridized carbons (Fsp3) is 0.100. The molecular formula is C40H30N2O8. The van der Waals surface area contributed by atoms with Crippen LogP contribution in [0.5, 0.6) is 11.5 Å². The molecule has 7 aromatic carbocycles. The SMILES string of the molecule is CCOc1ccc(N=C(O)c2ccc3c4ccc(C(=O)O)c5c(C(=O)O)ccc(c6ccc(C(O)=Nc7ccc(OCC)cc7)c2c36)c54)cc1. The summed E-state index contributed by atoms with van der Waals surface area (Å²) in [7, 11) is 0. The van der Waals surface area contributed by atoms with E-state index in [4.69, 9.17) is 9.47 Å². The first kappa shape index (κ1) is 31.9. The van der Waals surface area contributed by atoms with Gasteiger partial charge in [-0.15, -0.1) is 0 Å². The van der Waals surface area contributed by atoms with E-state index in [2.05, 4.69) is 9.98 Å². The molecule has 0 aromatic heterocycles. The van der Waals surface area contributed by atoms with Crippen LogP contribution in [0.4, 0.5) is 11.4 Å². The average Bonchev–Trinajstić information content (AvgIpc) is 3.11. The number of carboxylic acids is 2. The Balaban J connectivity index is 1.54. The Morgan fingerprint density at radius 2 is 0.780 bits per heavy atom. The van der Waals surface area contributed by atoms with Gasteiger partial charge >= 0.3 is 11.9 Å². The molecule has 248 valence electrons. The van der Waals surface area contributed by atoms with Crippen molar-refractivity contribution in [3.63, 3.8) is 0 Å². The van der Waals surface area contributed by atoms with Gasteiger partial charge in [0.2, 0.25) is 11.8 Å². The highest BCUT2D eigenvalue weighted by molar-refractivity contribution is 6.38. The molecule has 0 unspecified atom stereocenters. The summed E-state index contributed by atoms with van der Waals surface area (Å²) in [6.07, 6.45) is 0. The topological polar surface area (TPSA) is 158 Å². The molecule has 0 saturated carbocycles. The van der Waals surface area contributed by atoms with Gasteiger partial charge < -0.3 is 29.9 Å². The number of ether oxygens (including phenoxy) is 2. The lowest BCUT2D eigenvalue weighted by molar-refractivity contribution is 0.0695. The van der Waals surface area contributed by atoms with Crippen molar-refractivity contribution < 1.29 is 39.5 Å². The molecule has 10 nitrogen and oxygen atoms in total. The molecule has 0 aliphatic heterocycles. The van der Waals surface area contributed by atoms with Gasteiger partial charge in [-0.25, -0.2) is 19.6 Å². The van der Waals surface area contributed by atoms with E-state index in [1.165, 1.54) is 12.1 Å². The molecule has 50 heavy (non-hydrogen) atoms. The third-order valence-electron chi connectivity index (χ3n) is 8.61. The number of hydrogen-bond donors (Lipinski definition) is 4. The Labute approximate surface area is 285 Å². The van der Waals surface area contributed by atoms with Crippen LogP contribution in [-0.4, -0.2) is 57.4 Å². The lowest BCUT2D eigenvalue weighted by atomic mass is 9.84. The van der Waals surface area contributed by atoms with Crippen LogP contribution in [0.1, 0.15) is 45.7 Å². The maximum absolute atomic E-state index is 12.3. The third kappa shape index (κ3) is 5.42. The van der Waals surface area contributed by atoms with Gasteiger partial charge in [-0.1, -0.05) is 24.3 Å². The molecule has 7 rings (SSSR count). The highest BCUT2D eigenvalue weighted by atomic mass is 16.5. The van der Waals surface area contributed by atoms with Crippen LogP contribution >= 0.6 is 0 Å². The first-order valence-corrected chi connectivity index (χ1v) is 15.9. The van der Waals surface area contributed by atoms with Crippen LogP contribution in [0.2, 0.25) is 0 Å². The number of aliphatic hydroxyl groups is 2. The Kier molecular flexibility index (Phi) is 8.12. The van der Waals surface area contributed by atoms with Crippen LogP contribution in [0.15, 0.2) is 107 Å². The van der Waals surface area contributed by atoms with E-state index in [1.807, 2.05) is 13.8 Å². The summed E-state index contributed by atoms with van der Waals surface area (Å²) in [5.74, 6) is -1.80. The standard InChI is InChI=1S/C40H30N2O8/c1-3-49-23-9-5-21(6-10-23)41-37(43)29-17-13-25-27-15-19-31(39(45)46)36-32(40(47)48)20-16-28(34(27)36)26-14-18-30(35(29)33(25)26)38(44)42-22-7-11-24(12-8-22)50-4-2/h5-20H,3-4H2,1-2H3,(H,41,43)(H,42,44)(H,45,46)(H,47,48). The number of fused-ring (bicyclic) bond motifs is 2. The zero-order valence-corrected chi connectivity index (χ0v) is 27.0. The number of carboxylic acid groups (broad SMARTS) is 2. The number of carbonyl (C=O) groups is 2. The minimum absolute atomic E-state index is 0.117. The van der Waals surface area contributed by atoms with Crippen molar-refractivity contribution in [3.8, 4) is 11.5 Å². The zero-order chi connectivity index (χ0) is 35.1. The van der Waals surface area contributed by atoms with E-state index in [0.717, 1.165) is 0 Å². The molecule has 0 amide bonds. The number of aliphatic hydroxyl groups excluding tert-OH is 2. The minimum atomic E-state index is -1.25. The van der Waals surface area contributed by atoms with Crippen molar-refractivity contribution >= 4 is 78.2 Å². The Morgan fingerprint density at radius 3 is 1.10 bits per heavy atom. The number of benzene rings is 7. The molecule has 0 fully saturated rings. The molecule has 4 N–H and O–H groups in total. The van der Waals surface area contributed by atoms with E-state index in [-0.39, 0.29) is 28.3 Å². The molecule has 7 aromatic rings. The van der Waals surface area contributed by atoms with E-state index in [0.29, 0.717) is 84.9 Å². The smallest absolute Gasteiger partial charge is 0.336 e. The second-order valence-electron chi connectivity index (χ2n) is 11.5. The molecule has 0 bridgehead atoms. The van der Waals surface area contributed by atoms with E-state index in [9.17, 15) is 30.0 Å². The van der Waals surface area contributed by atoms with Crippen molar-refractivity contribution in [2.45, 2.75) is 13.8 Å². The molecule has 0 spiro atoms. The molecule has 10 heteroatoms. The average molecular weight is 667 g/mol. The van der Waals surface area contributed by atoms with Crippen molar-refractivity contribution in [2.24, 2.45) is 9.98 Å². The van der Waals surface area contributed by atoms with E-state index in [1.54, 1.807) is 84.9 Å². The van der Waals surface area contributed by atoms with Gasteiger partial charge in [0.25, 0.3) is 0 Å². The van der Waals surface area contributed by atoms with Gasteiger partial charge in [-0.2, -0.15) is 0 Å². The van der Waals surface area contributed by atoms with Crippen LogP contribution in [0, 0.1) is 0 Å². The zero-order valence-electron chi connectivity index (χ0n) is 27.0. The maximum Gasteiger partial charge on any atom is 0.336 e. The van der Waals surface area contributed by atoms with Gasteiger partial charge in [-0.05, 0) is 119 Å². The van der Waals surface area contributed by atoms with Gasteiger partial charge in [0.05, 0.1) is 35.7 Å². The van der Waals surface area contributed by atoms with Crippen molar-refractivity contribution in [1.29, 1.82) is 0 Å². The van der Waals surface area contributed by atoms with Crippen LogP contribution < -0.4 is 9.47 Å². The minimum Gasteiger partial charge on any atom is -0.494 e. The van der Waals surface area contributed by atoms with Crippen LogP contribution in [0.25, 0.3) is 43.1 Å². The third-order valence-corrected chi connectivity index (χ3v) is 8.61. The fourth-order valence-electron chi connectivity index (χ4n) is 6.55. The summed E-state index contributed by atoms with van der Waals surface area (Å²) in [4.78, 5) is 33.6. The lowest BCUT2D eigenvalue weighted by Gasteiger charge is -2.19. The van der Waals surface area contributed by atoms with Crippen molar-refractivity contribution in [2.75, 3.05) is 13.2 Å². The fourth-order valence-corrected chi connectivity index (χ4v) is 6.55. The summed E-state index contributed by atoms with van der Waals surface area (Å²) in [6, 6.07) is 26.9. The summed E-state index contributed by atoms with van der Waals surface area (Å²) in [5, 5.41) is 47.5. The predicted octanol–water partition coefficient (Wildman–Crippen LogP) is 9.20. The summed E-state index contributed by atoms with van der Waals surface area (Å²) >= 11 is 0. The molecule has 0 aliphatic carbocycles. The monoisotopic (exact) mass is 666 g/mol. The first-order valence-electron chi connectivity index (χ1n) is 15.9. The van der Waals surface area contributed by atoms with Crippen LogP contribution in [0.3, 0.4) is 0 Å². The summed E-state index contributed by atoms with van der Waals surface area (Å²) in [5.41, 5.74) is 1.31. The van der Waals surface area contributed by atoms with E-state index < -0.39 is 11.9 Å². The normalized spacial score (nSPS) is 12.3. The highest BCUT2D eigenvalue weighted by Crippen LogP contribution is 2.44. The number of nitrogens with zero attached hydrogens (tertiary/aromatic N) is 2. The number of hydrogen-bond acceptors (Lipinski definition) is 6. The quantitative estimate of drug-likeness (QED) is 0.0487. The van der Waals surface area contributed by atoms with Crippen LogP contribution in [-0.2, 0) is 0 Å². The van der Waals surface area contributed by atoms with Gasteiger partial charge in [-0.3, -0.25) is 0 Å². The molecule has 0 radical (unpaired) electrons. The highest BCUT2D eigenvalue weighted by Gasteiger charge is 2.25. The van der Waals surface area contributed by atoms with Crippen molar-refractivity contribution in [1.82, 2.24) is 0 Å². The van der Waals surface area contributed by atoms with Crippen molar-refractivity contribution in [3.05, 3.63) is 119 Å². The maximum atomic E-state index is 12.3. The Hall–Kier alpha value is -6.68. The predicted molar refractivity (Wildman–Crippen MR) is 194 cm³/mol. The second-order valence-corrected chi connectivity index (χ2v) is 11.5. The van der Waals surface area contributed by atoms with Gasteiger partial charge in [0, 0.05) is 21.9 Å². The second kappa shape index (κ2) is 12.7. The molecule has 0 saturated heterocycles. The number of aromatic carboxylic acids is 2. The molecule has 0 heterocycles. The number of rotatable bonds is 10.